The van der Waals surface area contributed by atoms with Crippen molar-refractivity contribution in [3.8, 4) is 0 Å². The summed E-state index contributed by atoms with van der Waals surface area (Å²) in [6.45, 7) is 0.136. The van der Waals surface area contributed by atoms with E-state index in [0.29, 0.717) is 18.5 Å². The molecule has 1 aliphatic carbocycles. The van der Waals surface area contributed by atoms with Gasteiger partial charge < -0.3 is 16.0 Å². The van der Waals surface area contributed by atoms with Crippen molar-refractivity contribution >= 4 is 11.8 Å². The number of halogens is 3. The van der Waals surface area contributed by atoms with Gasteiger partial charge in [-0.05, 0) is 43.0 Å². The van der Waals surface area contributed by atoms with E-state index in [0.717, 1.165) is 25.0 Å². The number of amides is 2. The van der Waals surface area contributed by atoms with Gasteiger partial charge in [0.1, 0.15) is 0 Å². The number of nitrogens with zero attached hydrogens (tertiary/aromatic N) is 1. The number of hydrogen-bond acceptors (Lipinski definition) is 3. The standard InChI is InChI=1S/C18H24F3N3O2/c1-23-16(25)11-24(17(26)15-7-3-5-13(15)9-22)10-12-4-2-6-14(8-12)18(19,20)21/h2,4,6,8,13,15H,3,5,7,9-11,22H2,1H3,(H,23,25)/t13-,15-/m1/s1. The van der Waals surface area contributed by atoms with Crippen LogP contribution >= 0.6 is 0 Å². The number of alkyl halides is 3. The van der Waals surface area contributed by atoms with E-state index in [1.54, 1.807) is 0 Å². The molecule has 1 aliphatic rings. The molecule has 3 N–H and O–H groups in total. The van der Waals surface area contributed by atoms with Crippen molar-refractivity contribution in [1.29, 1.82) is 0 Å². The van der Waals surface area contributed by atoms with Gasteiger partial charge in [-0.2, -0.15) is 13.2 Å². The zero-order chi connectivity index (χ0) is 19.3. The van der Waals surface area contributed by atoms with E-state index in [9.17, 15) is 22.8 Å². The number of carbonyl (C=O) groups excluding carboxylic acids is 2. The zero-order valence-corrected chi connectivity index (χ0v) is 14.7. The Bertz CT molecular complexity index is 649. The minimum absolute atomic E-state index is 0.0516. The maximum atomic E-state index is 12.9. The predicted octanol–water partition coefficient (Wildman–Crippen LogP) is 2.15. The number of rotatable bonds is 6. The third kappa shape index (κ3) is 4.97. The van der Waals surface area contributed by atoms with Gasteiger partial charge in [0.25, 0.3) is 0 Å². The van der Waals surface area contributed by atoms with Gasteiger partial charge in [-0.1, -0.05) is 18.6 Å². The smallest absolute Gasteiger partial charge is 0.358 e. The lowest BCUT2D eigenvalue weighted by molar-refractivity contribution is -0.141. The van der Waals surface area contributed by atoms with E-state index in [-0.39, 0.29) is 36.7 Å². The van der Waals surface area contributed by atoms with Crippen LogP contribution in [0.15, 0.2) is 24.3 Å². The van der Waals surface area contributed by atoms with Gasteiger partial charge in [-0.15, -0.1) is 0 Å². The van der Waals surface area contributed by atoms with Gasteiger partial charge >= 0.3 is 6.18 Å². The SMILES string of the molecule is CNC(=O)CN(Cc1cccc(C(F)(F)F)c1)C(=O)[C@@H]1CCC[C@@H]1CN. The molecule has 0 bridgehead atoms. The molecule has 2 atom stereocenters. The lowest BCUT2D eigenvalue weighted by Gasteiger charge is -2.28. The lowest BCUT2D eigenvalue weighted by Crippen LogP contribution is -2.43. The Morgan fingerprint density at radius 3 is 2.65 bits per heavy atom. The molecular weight excluding hydrogens is 347 g/mol. The summed E-state index contributed by atoms with van der Waals surface area (Å²) < 4.78 is 38.7. The van der Waals surface area contributed by atoms with Crippen LogP contribution in [0.2, 0.25) is 0 Å². The molecule has 0 aromatic heterocycles. The number of carbonyl (C=O) groups is 2. The van der Waals surface area contributed by atoms with Crippen molar-refractivity contribution in [3.05, 3.63) is 35.4 Å². The predicted molar refractivity (Wildman–Crippen MR) is 90.8 cm³/mol. The van der Waals surface area contributed by atoms with Crippen LogP contribution in [0.5, 0.6) is 0 Å². The highest BCUT2D eigenvalue weighted by molar-refractivity contribution is 5.86. The summed E-state index contributed by atoms with van der Waals surface area (Å²) in [5, 5.41) is 2.45. The Kier molecular flexibility index (Phi) is 6.63. The first-order valence-electron chi connectivity index (χ1n) is 8.61. The Labute approximate surface area is 150 Å². The highest BCUT2D eigenvalue weighted by atomic mass is 19.4. The molecule has 1 saturated carbocycles. The van der Waals surface area contributed by atoms with Crippen molar-refractivity contribution in [1.82, 2.24) is 10.2 Å². The Morgan fingerprint density at radius 2 is 2.04 bits per heavy atom. The highest BCUT2D eigenvalue weighted by Gasteiger charge is 2.35. The van der Waals surface area contributed by atoms with Gasteiger partial charge in [0.2, 0.25) is 11.8 Å². The van der Waals surface area contributed by atoms with Crippen molar-refractivity contribution < 1.29 is 22.8 Å². The van der Waals surface area contributed by atoms with Gasteiger partial charge in [-0.3, -0.25) is 9.59 Å². The lowest BCUT2D eigenvalue weighted by atomic mass is 9.94. The maximum Gasteiger partial charge on any atom is 0.416 e. The largest absolute Gasteiger partial charge is 0.416 e. The second-order valence-electron chi connectivity index (χ2n) is 6.60. The maximum absolute atomic E-state index is 12.9. The second-order valence-corrected chi connectivity index (χ2v) is 6.60. The van der Waals surface area contributed by atoms with E-state index in [1.165, 1.54) is 24.1 Å². The Balaban J connectivity index is 2.22. The average molecular weight is 371 g/mol. The van der Waals surface area contributed by atoms with E-state index < -0.39 is 11.7 Å². The summed E-state index contributed by atoms with van der Waals surface area (Å²) in [4.78, 5) is 26.0. The van der Waals surface area contributed by atoms with Crippen LogP contribution in [0.3, 0.4) is 0 Å². The monoisotopic (exact) mass is 371 g/mol. The average Bonchev–Trinajstić information content (AvgIpc) is 3.08. The fraction of sp³-hybridized carbons (Fsp3) is 0.556. The van der Waals surface area contributed by atoms with Crippen LogP contribution < -0.4 is 11.1 Å². The molecule has 0 saturated heterocycles. The van der Waals surface area contributed by atoms with Crippen LogP contribution in [0, 0.1) is 11.8 Å². The van der Waals surface area contributed by atoms with Crippen molar-refractivity contribution in [2.75, 3.05) is 20.1 Å². The summed E-state index contributed by atoms with van der Waals surface area (Å²) in [5.74, 6) is -0.821. The third-order valence-electron chi connectivity index (χ3n) is 4.83. The molecule has 2 rings (SSSR count). The van der Waals surface area contributed by atoms with Crippen LogP contribution in [0.1, 0.15) is 30.4 Å². The first-order chi connectivity index (χ1) is 12.3. The fourth-order valence-electron chi connectivity index (χ4n) is 3.41. The molecule has 0 radical (unpaired) electrons. The Hall–Kier alpha value is -2.09. The van der Waals surface area contributed by atoms with E-state index in [2.05, 4.69) is 5.32 Å². The molecule has 1 aromatic carbocycles. The van der Waals surface area contributed by atoms with Crippen LogP contribution in [0.25, 0.3) is 0 Å². The molecule has 0 aliphatic heterocycles. The summed E-state index contributed by atoms with van der Waals surface area (Å²) in [7, 11) is 1.45. The summed E-state index contributed by atoms with van der Waals surface area (Å²) in [5.41, 5.74) is 5.29. The molecule has 144 valence electrons. The van der Waals surface area contributed by atoms with E-state index >= 15 is 0 Å². The molecule has 1 aromatic rings. The van der Waals surface area contributed by atoms with Crippen molar-refractivity contribution in [2.24, 2.45) is 17.6 Å². The number of nitrogens with two attached hydrogens (primary N) is 1. The Morgan fingerprint density at radius 1 is 1.31 bits per heavy atom. The van der Waals surface area contributed by atoms with Crippen molar-refractivity contribution in [3.63, 3.8) is 0 Å². The highest BCUT2D eigenvalue weighted by Crippen LogP contribution is 2.33. The molecule has 2 amide bonds. The van der Waals surface area contributed by atoms with Crippen molar-refractivity contribution in [2.45, 2.75) is 32.0 Å². The van der Waals surface area contributed by atoms with Gasteiger partial charge in [-0.25, -0.2) is 0 Å². The summed E-state index contributed by atoms with van der Waals surface area (Å²) >= 11 is 0. The topological polar surface area (TPSA) is 75.4 Å². The summed E-state index contributed by atoms with van der Waals surface area (Å²) in [6, 6.07) is 4.82. The van der Waals surface area contributed by atoms with Gasteiger partial charge in [0.05, 0.1) is 12.1 Å². The first kappa shape index (κ1) is 20.2. The molecule has 1 fully saturated rings. The van der Waals surface area contributed by atoms with Crippen LogP contribution in [0.4, 0.5) is 13.2 Å². The second kappa shape index (κ2) is 8.53. The minimum Gasteiger partial charge on any atom is -0.358 e. The van der Waals surface area contributed by atoms with Gasteiger partial charge in [0, 0.05) is 19.5 Å². The molecular formula is C18H24F3N3O2. The zero-order valence-electron chi connectivity index (χ0n) is 14.7. The first-order valence-corrected chi connectivity index (χ1v) is 8.61. The normalized spacial score (nSPS) is 20.0. The number of hydrogen-bond donors (Lipinski definition) is 2. The molecule has 5 nitrogen and oxygen atoms in total. The molecule has 0 unspecified atom stereocenters. The van der Waals surface area contributed by atoms with E-state index in [1.807, 2.05) is 0 Å². The van der Waals surface area contributed by atoms with Crippen LogP contribution in [-0.2, 0) is 22.3 Å². The van der Waals surface area contributed by atoms with Gasteiger partial charge in [0.15, 0.2) is 0 Å². The number of benzene rings is 1. The quantitative estimate of drug-likeness (QED) is 0.805. The molecule has 0 spiro atoms. The minimum atomic E-state index is -4.46. The third-order valence-corrected chi connectivity index (χ3v) is 4.83. The fourth-order valence-corrected chi connectivity index (χ4v) is 3.41. The molecule has 8 heteroatoms. The van der Waals surface area contributed by atoms with E-state index in [4.69, 9.17) is 5.73 Å². The molecule has 0 heterocycles. The molecule has 26 heavy (non-hydrogen) atoms. The number of nitrogens with one attached hydrogen (secondary N) is 1. The van der Waals surface area contributed by atoms with Crippen LogP contribution in [-0.4, -0.2) is 36.9 Å². The number of likely N-dealkylation sites (N-methyl/N-ethyl adjacent to an activating group) is 1. The summed E-state index contributed by atoms with van der Waals surface area (Å²) in [6.07, 6.45) is -2.03.